The van der Waals surface area contributed by atoms with Crippen molar-refractivity contribution in [2.24, 2.45) is 0 Å². The number of methoxy groups -OCH3 is 1. The van der Waals surface area contributed by atoms with Gasteiger partial charge in [-0.25, -0.2) is 9.59 Å². The predicted octanol–water partition coefficient (Wildman–Crippen LogP) is 1.11. The van der Waals surface area contributed by atoms with Crippen LogP contribution >= 0.6 is 0 Å². The molecule has 0 bridgehead atoms. The van der Waals surface area contributed by atoms with Gasteiger partial charge in [-0.15, -0.1) is 0 Å². The van der Waals surface area contributed by atoms with Gasteiger partial charge in [-0.05, 0) is 12.1 Å². The van der Waals surface area contributed by atoms with Crippen LogP contribution < -0.4 is 10.6 Å². The summed E-state index contributed by atoms with van der Waals surface area (Å²) in [5, 5.41) is 5.22. The summed E-state index contributed by atoms with van der Waals surface area (Å²) in [5.41, 5.74) is 1.88. The zero-order valence-electron chi connectivity index (χ0n) is 8.16. The highest BCUT2D eigenvalue weighted by atomic mass is 16.5. The Morgan fingerprint density at radius 3 is 3.00 bits per heavy atom. The minimum atomic E-state index is -0.398. The first-order chi connectivity index (χ1) is 7.22. The molecule has 5 heteroatoms. The molecule has 0 spiro atoms. The Morgan fingerprint density at radius 2 is 2.27 bits per heavy atom. The van der Waals surface area contributed by atoms with Crippen molar-refractivity contribution in [3.05, 3.63) is 29.3 Å². The monoisotopic (exact) mass is 206 g/mol. The lowest BCUT2D eigenvalue weighted by Gasteiger charge is -2.19. The Hall–Kier alpha value is -2.04. The minimum absolute atomic E-state index is 0.260. The fourth-order valence-electron chi connectivity index (χ4n) is 1.53. The van der Waals surface area contributed by atoms with Gasteiger partial charge in [0, 0.05) is 17.8 Å². The maximum absolute atomic E-state index is 11.4. The number of hydrogen-bond acceptors (Lipinski definition) is 3. The van der Waals surface area contributed by atoms with E-state index in [0.717, 1.165) is 5.56 Å². The van der Waals surface area contributed by atoms with Gasteiger partial charge >= 0.3 is 12.0 Å². The number of rotatable bonds is 1. The Balaban J connectivity index is 2.46. The number of nitrogens with one attached hydrogen (secondary N) is 2. The number of anilines is 1. The van der Waals surface area contributed by atoms with Crippen LogP contribution in [0, 0.1) is 0 Å². The summed E-state index contributed by atoms with van der Waals surface area (Å²) in [6.07, 6.45) is 0. The number of benzene rings is 1. The molecule has 2 N–H and O–H groups in total. The molecule has 2 rings (SSSR count). The van der Waals surface area contributed by atoms with Gasteiger partial charge in [0.1, 0.15) is 0 Å². The van der Waals surface area contributed by atoms with Crippen molar-refractivity contribution >= 4 is 17.7 Å². The van der Waals surface area contributed by atoms with E-state index in [1.807, 2.05) is 0 Å². The molecule has 2 amide bonds. The normalized spacial score (nSPS) is 13.5. The Bertz CT molecular complexity index is 429. The standard InChI is InChI=1S/C10H10N2O3/c1-15-9(13)6-3-2-4-8-7(6)5-11-10(14)12-8/h2-4H,5H2,1H3,(H2,11,12,14). The maximum Gasteiger partial charge on any atom is 0.338 e. The molecule has 78 valence electrons. The van der Waals surface area contributed by atoms with E-state index in [9.17, 15) is 9.59 Å². The number of carbonyl (C=O) groups excluding carboxylic acids is 2. The van der Waals surface area contributed by atoms with Gasteiger partial charge in [0.05, 0.1) is 12.7 Å². The van der Waals surface area contributed by atoms with Crippen LogP contribution in [0.15, 0.2) is 18.2 Å². The minimum Gasteiger partial charge on any atom is -0.465 e. The van der Waals surface area contributed by atoms with Crippen molar-refractivity contribution in [2.45, 2.75) is 6.54 Å². The molecule has 0 aliphatic carbocycles. The Morgan fingerprint density at radius 1 is 1.47 bits per heavy atom. The zero-order chi connectivity index (χ0) is 10.8. The van der Waals surface area contributed by atoms with E-state index >= 15 is 0 Å². The molecule has 0 radical (unpaired) electrons. The van der Waals surface area contributed by atoms with Gasteiger partial charge in [0.15, 0.2) is 0 Å². The molecular weight excluding hydrogens is 196 g/mol. The second-order valence-corrected chi connectivity index (χ2v) is 3.13. The third-order valence-electron chi connectivity index (χ3n) is 2.26. The first-order valence-corrected chi connectivity index (χ1v) is 4.47. The zero-order valence-corrected chi connectivity index (χ0v) is 8.16. The third-order valence-corrected chi connectivity index (χ3v) is 2.26. The van der Waals surface area contributed by atoms with Crippen molar-refractivity contribution < 1.29 is 14.3 Å². The van der Waals surface area contributed by atoms with Crippen LogP contribution in [0.5, 0.6) is 0 Å². The molecule has 1 aromatic carbocycles. The van der Waals surface area contributed by atoms with E-state index in [0.29, 0.717) is 17.8 Å². The second-order valence-electron chi connectivity index (χ2n) is 3.13. The lowest BCUT2D eigenvalue weighted by Crippen LogP contribution is -2.34. The van der Waals surface area contributed by atoms with Crippen LogP contribution in [-0.4, -0.2) is 19.1 Å². The van der Waals surface area contributed by atoms with Crippen molar-refractivity contribution in [2.75, 3.05) is 12.4 Å². The van der Waals surface area contributed by atoms with Gasteiger partial charge in [-0.3, -0.25) is 0 Å². The fourth-order valence-corrected chi connectivity index (χ4v) is 1.53. The number of esters is 1. The van der Waals surface area contributed by atoms with Crippen LogP contribution in [-0.2, 0) is 11.3 Å². The van der Waals surface area contributed by atoms with Crippen LogP contribution in [0.4, 0.5) is 10.5 Å². The van der Waals surface area contributed by atoms with Gasteiger partial charge in [0.25, 0.3) is 0 Å². The first-order valence-electron chi connectivity index (χ1n) is 4.47. The van der Waals surface area contributed by atoms with Gasteiger partial charge in [-0.2, -0.15) is 0 Å². The number of urea groups is 1. The summed E-state index contributed by atoms with van der Waals surface area (Å²) in [7, 11) is 1.33. The smallest absolute Gasteiger partial charge is 0.338 e. The molecular formula is C10H10N2O3. The molecule has 1 aromatic rings. The molecule has 0 saturated carbocycles. The summed E-state index contributed by atoms with van der Waals surface area (Å²) in [6.45, 7) is 0.340. The van der Waals surface area contributed by atoms with E-state index in [2.05, 4.69) is 15.4 Å². The Labute approximate surface area is 86.4 Å². The average molecular weight is 206 g/mol. The quantitative estimate of drug-likeness (QED) is 0.676. The highest BCUT2D eigenvalue weighted by Gasteiger charge is 2.20. The van der Waals surface area contributed by atoms with Crippen molar-refractivity contribution in [1.82, 2.24) is 5.32 Å². The van der Waals surface area contributed by atoms with Gasteiger partial charge < -0.3 is 15.4 Å². The highest BCUT2D eigenvalue weighted by molar-refractivity contribution is 5.98. The van der Waals surface area contributed by atoms with Crippen LogP contribution in [0.3, 0.4) is 0 Å². The second kappa shape index (κ2) is 3.61. The van der Waals surface area contributed by atoms with Crippen LogP contribution in [0.1, 0.15) is 15.9 Å². The summed E-state index contributed by atoms with van der Waals surface area (Å²) in [5.74, 6) is -0.398. The van der Waals surface area contributed by atoms with Crippen LogP contribution in [0.2, 0.25) is 0 Å². The van der Waals surface area contributed by atoms with Crippen molar-refractivity contribution in [3.63, 3.8) is 0 Å². The van der Waals surface area contributed by atoms with E-state index in [4.69, 9.17) is 0 Å². The topological polar surface area (TPSA) is 67.4 Å². The van der Waals surface area contributed by atoms with E-state index in [1.54, 1.807) is 18.2 Å². The van der Waals surface area contributed by atoms with Crippen molar-refractivity contribution in [3.8, 4) is 0 Å². The molecule has 0 atom stereocenters. The summed E-state index contributed by atoms with van der Waals surface area (Å²) in [6, 6.07) is 4.87. The predicted molar refractivity (Wildman–Crippen MR) is 53.6 cm³/mol. The average Bonchev–Trinajstić information content (AvgIpc) is 2.26. The summed E-state index contributed by atoms with van der Waals surface area (Å²) < 4.78 is 4.65. The SMILES string of the molecule is COC(=O)c1cccc2c1CNC(=O)N2. The number of carbonyl (C=O) groups is 2. The largest absolute Gasteiger partial charge is 0.465 e. The first kappa shape index (κ1) is 9.51. The fraction of sp³-hybridized carbons (Fsp3) is 0.200. The van der Waals surface area contributed by atoms with Crippen LogP contribution in [0.25, 0.3) is 0 Å². The molecule has 15 heavy (non-hydrogen) atoms. The van der Waals surface area contributed by atoms with E-state index in [1.165, 1.54) is 7.11 Å². The van der Waals surface area contributed by atoms with E-state index in [-0.39, 0.29) is 6.03 Å². The number of fused-ring (bicyclic) bond motifs is 1. The number of ether oxygens (including phenoxy) is 1. The molecule has 1 heterocycles. The highest BCUT2D eigenvalue weighted by Crippen LogP contribution is 2.23. The summed E-state index contributed by atoms with van der Waals surface area (Å²) in [4.78, 5) is 22.4. The molecule has 0 unspecified atom stereocenters. The number of hydrogen-bond donors (Lipinski definition) is 2. The Kier molecular flexibility index (Phi) is 2.29. The number of amides is 2. The molecule has 1 aliphatic heterocycles. The molecule has 5 nitrogen and oxygen atoms in total. The lowest BCUT2D eigenvalue weighted by molar-refractivity contribution is 0.0599. The molecule has 0 aromatic heterocycles. The lowest BCUT2D eigenvalue weighted by atomic mass is 10.0. The molecule has 1 aliphatic rings. The third kappa shape index (κ3) is 1.63. The van der Waals surface area contributed by atoms with Crippen molar-refractivity contribution in [1.29, 1.82) is 0 Å². The van der Waals surface area contributed by atoms with Gasteiger partial charge in [-0.1, -0.05) is 6.07 Å². The maximum atomic E-state index is 11.4. The molecule has 0 fully saturated rings. The molecule has 0 saturated heterocycles. The summed E-state index contributed by atoms with van der Waals surface area (Å²) >= 11 is 0. The van der Waals surface area contributed by atoms with Gasteiger partial charge in [0.2, 0.25) is 0 Å². The van der Waals surface area contributed by atoms with E-state index < -0.39 is 5.97 Å².